The molecule has 0 aliphatic carbocycles. The highest BCUT2D eigenvalue weighted by molar-refractivity contribution is 5.97. The van der Waals surface area contributed by atoms with Crippen molar-refractivity contribution in [2.45, 2.75) is 6.10 Å². The number of rotatable bonds is 4. The van der Waals surface area contributed by atoms with E-state index in [0.29, 0.717) is 43.3 Å². The minimum atomic E-state index is -0.107. The second kappa shape index (κ2) is 8.07. The molecule has 6 nitrogen and oxygen atoms in total. The number of nitrogens with zero attached hydrogens (tertiary/aromatic N) is 1. The van der Waals surface area contributed by atoms with Gasteiger partial charge < -0.3 is 24.8 Å². The average Bonchev–Trinajstić information content (AvgIpc) is 2.53. The van der Waals surface area contributed by atoms with Crippen molar-refractivity contribution in [3.63, 3.8) is 0 Å². The number of benzene rings is 1. The lowest BCUT2D eigenvalue weighted by Crippen LogP contribution is -2.48. The molecule has 1 aromatic carbocycles. The maximum atomic E-state index is 12.6. The molecule has 2 rings (SSSR count). The number of ether oxygens (including phenoxy) is 3. The van der Waals surface area contributed by atoms with E-state index in [4.69, 9.17) is 19.9 Å². The van der Waals surface area contributed by atoms with Gasteiger partial charge in [-0.3, -0.25) is 4.79 Å². The number of nitrogens with two attached hydrogens (primary N) is 1. The first-order valence-electron chi connectivity index (χ1n) is 6.53. The van der Waals surface area contributed by atoms with Gasteiger partial charge in [-0.05, 0) is 12.1 Å². The lowest BCUT2D eigenvalue weighted by Gasteiger charge is -2.32. The van der Waals surface area contributed by atoms with E-state index in [-0.39, 0.29) is 24.4 Å². The van der Waals surface area contributed by atoms with Crippen LogP contribution in [0.15, 0.2) is 18.2 Å². The van der Waals surface area contributed by atoms with E-state index in [1.807, 2.05) is 0 Å². The van der Waals surface area contributed by atoms with Crippen LogP contribution < -0.4 is 15.2 Å². The van der Waals surface area contributed by atoms with Gasteiger partial charge in [0.2, 0.25) is 0 Å². The number of amides is 1. The Labute approximate surface area is 130 Å². The van der Waals surface area contributed by atoms with Crippen molar-refractivity contribution in [2.24, 2.45) is 5.73 Å². The molecule has 1 aliphatic heterocycles. The van der Waals surface area contributed by atoms with Gasteiger partial charge in [-0.2, -0.15) is 0 Å². The third-order valence-corrected chi connectivity index (χ3v) is 3.32. The summed E-state index contributed by atoms with van der Waals surface area (Å²) in [6, 6.07) is 5.27. The minimum Gasteiger partial charge on any atom is -0.493 e. The van der Waals surface area contributed by atoms with Gasteiger partial charge in [-0.25, -0.2) is 0 Å². The summed E-state index contributed by atoms with van der Waals surface area (Å²) >= 11 is 0. The molecule has 0 aromatic heterocycles. The number of morpholine rings is 1. The first kappa shape index (κ1) is 17.6. The molecule has 1 fully saturated rings. The summed E-state index contributed by atoms with van der Waals surface area (Å²) in [4.78, 5) is 14.3. The van der Waals surface area contributed by atoms with Crippen LogP contribution in [0.25, 0.3) is 0 Å². The fraction of sp³-hybridized carbons (Fsp3) is 0.500. The Hall–Kier alpha value is -1.50. The highest BCUT2D eigenvalue weighted by Gasteiger charge is 2.27. The Morgan fingerprint density at radius 3 is 2.81 bits per heavy atom. The van der Waals surface area contributed by atoms with Crippen LogP contribution in [0.4, 0.5) is 0 Å². The molecule has 0 radical (unpaired) electrons. The third kappa shape index (κ3) is 3.78. The SMILES string of the molecule is COc1cccc(C(=O)N2CCOC(CN)C2)c1OC.Cl. The Morgan fingerprint density at radius 2 is 2.19 bits per heavy atom. The second-order valence-electron chi connectivity index (χ2n) is 4.52. The zero-order chi connectivity index (χ0) is 14.5. The van der Waals surface area contributed by atoms with Crippen molar-refractivity contribution in [2.75, 3.05) is 40.5 Å². The fourth-order valence-electron chi connectivity index (χ4n) is 2.27. The van der Waals surface area contributed by atoms with E-state index >= 15 is 0 Å². The van der Waals surface area contributed by atoms with E-state index in [1.54, 1.807) is 30.2 Å². The van der Waals surface area contributed by atoms with Gasteiger partial charge in [-0.15, -0.1) is 12.4 Å². The molecule has 7 heteroatoms. The third-order valence-electron chi connectivity index (χ3n) is 3.32. The van der Waals surface area contributed by atoms with Crippen LogP contribution in [0.5, 0.6) is 11.5 Å². The van der Waals surface area contributed by atoms with Crippen LogP contribution >= 0.6 is 12.4 Å². The van der Waals surface area contributed by atoms with Crippen LogP contribution in [0.1, 0.15) is 10.4 Å². The van der Waals surface area contributed by atoms with E-state index in [2.05, 4.69) is 0 Å². The predicted octanol–water partition coefficient (Wildman–Crippen LogP) is 0.925. The molecule has 0 saturated carbocycles. The molecule has 1 heterocycles. The van der Waals surface area contributed by atoms with Crippen LogP contribution in [-0.2, 0) is 4.74 Å². The fourth-order valence-corrected chi connectivity index (χ4v) is 2.27. The summed E-state index contributed by atoms with van der Waals surface area (Å²) in [5, 5.41) is 0. The van der Waals surface area contributed by atoms with Crippen molar-refractivity contribution in [1.82, 2.24) is 4.90 Å². The number of halogens is 1. The van der Waals surface area contributed by atoms with Crippen LogP contribution in [0, 0.1) is 0 Å². The molecule has 21 heavy (non-hydrogen) atoms. The second-order valence-corrected chi connectivity index (χ2v) is 4.52. The topological polar surface area (TPSA) is 74.0 Å². The minimum absolute atomic E-state index is 0. The summed E-state index contributed by atoms with van der Waals surface area (Å²) < 4.78 is 16.0. The number of carbonyl (C=O) groups is 1. The number of methoxy groups -OCH3 is 2. The first-order chi connectivity index (χ1) is 9.71. The van der Waals surface area contributed by atoms with Crippen LogP contribution in [0.3, 0.4) is 0 Å². The molecule has 118 valence electrons. The summed E-state index contributed by atoms with van der Waals surface area (Å²) in [6.45, 7) is 1.95. The Kier molecular flexibility index (Phi) is 6.74. The molecule has 1 saturated heterocycles. The van der Waals surface area contributed by atoms with Crippen molar-refractivity contribution in [3.05, 3.63) is 23.8 Å². The van der Waals surface area contributed by atoms with Crippen molar-refractivity contribution < 1.29 is 19.0 Å². The first-order valence-corrected chi connectivity index (χ1v) is 6.53. The van der Waals surface area contributed by atoms with Gasteiger partial charge in [0.15, 0.2) is 11.5 Å². The molecule has 0 bridgehead atoms. The van der Waals surface area contributed by atoms with Crippen molar-refractivity contribution in [1.29, 1.82) is 0 Å². The molecule has 1 amide bonds. The van der Waals surface area contributed by atoms with Gasteiger partial charge in [0.1, 0.15) is 0 Å². The summed E-state index contributed by atoms with van der Waals surface area (Å²) in [6.07, 6.45) is -0.107. The predicted molar refractivity (Wildman–Crippen MR) is 81.5 cm³/mol. The molecule has 1 aliphatic rings. The Balaban J connectivity index is 0.00000220. The van der Waals surface area contributed by atoms with Crippen LogP contribution in [0.2, 0.25) is 0 Å². The zero-order valence-corrected chi connectivity index (χ0v) is 13.0. The van der Waals surface area contributed by atoms with E-state index < -0.39 is 0 Å². The van der Waals surface area contributed by atoms with Gasteiger partial charge in [0, 0.05) is 19.6 Å². The Morgan fingerprint density at radius 1 is 1.43 bits per heavy atom. The lowest BCUT2D eigenvalue weighted by molar-refractivity contribution is -0.0168. The summed E-state index contributed by atoms with van der Waals surface area (Å²) in [5.41, 5.74) is 6.09. The van der Waals surface area contributed by atoms with Gasteiger partial charge in [0.25, 0.3) is 5.91 Å². The normalized spacial score (nSPS) is 17.9. The number of hydrogen-bond donors (Lipinski definition) is 1. The smallest absolute Gasteiger partial charge is 0.257 e. The largest absolute Gasteiger partial charge is 0.493 e. The van der Waals surface area contributed by atoms with Crippen molar-refractivity contribution in [3.8, 4) is 11.5 Å². The zero-order valence-electron chi connectivity index (χ0n) is 12.2. The number of hydrogen-bond acceptors (Lipinski definition) is 5. The van der Waals surface area contributed by atoms with Gasteiger partial charge in [-0.1, -0.05) is 6.07 Å². The van der Waals surface area contributed by atoms with Gasteiger partial charge in [0.05, 0.1) is 32.5 Å². The maximum absolute atomic E-state index is 12.6. The quantitative estimate of drug-likeness (QED) is 0.894. The molecule has 0 spiro atoms. The monoisotopic (exact) mass is 316 g/mol. The van der Waals surface area contributed by atoms with E-state index in [0.717, 1.165) is 0 Å². The molecule has 1 aromatic rings. The molecular weight excluding hydrogens is 296 g/mol. The molecule has 1 atom stereocenters. The van der Waals surface area contributed by atoms with Gasteiger partial charge >= 0.3 is 0 Å². The number of para-hydroxylation sites is 1. The summed E-state index contributed by atoms with van der Waals surface area (Å²) in [7, 11) is 3.07. The lowest BCUT2D eigenvalue weighted by atomic mass is 10.1. The number of carbonyl (C=O) groups excluding carboxylic acids is 1. The highest BCUT2D eigenvalue weighted by atomic mass is 35.5. The standard InChI is InChI=1S/C14H20N2O4.ClH/c1-18-12-5-3-4-11(13(12)19-2)14(17)16-6-7-20-10(8-15)9-16;/h3-5,10H,6-9,15H2,1-2H3;1H. The molecule has 2 N–H and O–H groups in total. The van der Waals surface area contributed by atoms with E-state index in [1.165, 1.54) is 7.11 Å². The highest BCUT2D eigenvalue weighted by Crippen LogP contribution is 2.31. The molecule has 1 unspecified atom stereocenters. The molecular formula is C14H21ClN2O4. The average molecular weight is 317 g/mol. The Bertz CT molecular complexity index is 484. The summed E-state index contributed by atoms with van der Waals surface area (Å²) in [5.74, 6) is 0.903. The van der Waals surface area contributed by atoms with Crippen LogP contribution in [-0.4, -0.2) is 57.4 Å². The van der Waals surface area contributed by atoms with E-state index in [9.17, 15) is 4.79 Å². The van der Waals surface area contributed by atoms with Crippen molar-refractivity contribution >= 4 is 18.3 Å². The maximum Gasteiger partial charge on any atom is 0.257 e.